The number of hydrogen-bond donors (Lipinski definition) is 3. The van der Waals surface area contributed by atoms with Crippen LogP contribution in [-0.4, -0.2) is 57.8 Å². The van der Waals surface area contributed by atoms with Crippen molar-refractivity contribution >= 4 is 50.1 Å². The van der Waals surface area contributed by atoms with Gasteiger partial charge >= 0.3 is 0 Å². The molecule has 1 fully saturated rings. The number of nitrogens with one attached hydrogen (secondary N) is 2. The number of rotatable bonds is 12. The summed E-state index contributed by atoms with van der Waals surface area (Å²) in [4.78, 5) is 37.9. The van der Waals surface area contributed by atoms with Crippen LogP contribution < -0.4 is 21.9 Å². The maximum atomic E-state index is 15.5. The molecule has 0 bridgehead atoms. The molecular weight excluding hydrogens is 890 g/mol. The van der Waals surface area contributed by atoms with Crippen molar-refractivity contribution in [2.75, 3.05) is 18.6 Å². The Morgan fingerprint density at radius 3 is 2.38 bits per heavy atom. The summed E-state index contributed by atoms with van der Waals surface area (Å²) in [6.07, 6.45) is -3.15. The first-order valence-electron chi connectivity index (χ1n) is 18.6. The van der Waals surface area contributed by atoms with Gasteiger partial charge in [-0.1, -0.05) is 11.6 Å². The Morgan fingerprint density at radius 1 is 1.02 bits per heavy atom. The van der Waals surface area contributed by atoms with Crippen molar-refractivity contribution in [1.82, 2.24) is 29.6 Å². The minimum Gasteiger partial charge on any atom is -0.386 e. The minimum absolute atomic E-state index is 0.0502. The number of carbonyl (C=O) groups excluding carboxylic acids is 1. The number of pyridine rings is 1. The van der Waals surface area contributed by atoms with Crippen LogP contribution in [-0.2, 0) is 33.7 Å². The second kappa shape index (κ2) is 15.7. The number of hydrogen-bond acceptors (Lipinski definition) is 8. The van der Waals surface area contributed by atoms with Crippen LogP contribution in [0, 0.1) is 29.2 Å². The third-order valence-corrected chi connectivity index (χ3v) is 11.4. The van der Waals surface area contributed by atoms with E-state index in [1.165, 1.54) is 31.3 Å². The Morgan fingerprint density at radius 2 is 1.73 bits per heavy atom. The Bertz CT molecular complexity index is 3090. The molecule has 328 valence electrons. The fourth-order valence-corrected chi connectivity index (χ4v) is 8.71. The Kier molecular flexibility index (Phi) is 10.8. The van der Waals surface area contributed by atoms with Crippen molar-refractivity contribution < 1.29 is 48.3 Å². The number of sulfonamides is 1. The second-order valence-electron chi connectivity index (χ2n) is 14.9. The standard InChI is InChI=1S/C40H30ClF8N9O4S/c1-51-32-28(8-6-24(41)31(32)36(50)56-63(2,61)62)58-38(54-37-21(39(58)60)5-7-26(53-37)20-4-3-17(42)13-25(20)45)27(11-16-9-18(43)12-19(44)10-16)52-29(59)15-57-34-30(33(55-57)35(46)47)22-14-23(22)40(34,48)49/h3-10,12-13,22-23,27,35,51H,11,14-15H2,1-2H3,(H2,50,56)(H,52,59)/t22-,23+,27-/m0/s1. The minimum atomic E-state index is -4.14. The van der Waals surface area contributed by atoms with Gasteiger partial charge < -0.3 is 16.4 Å². The number of aromatic nitrogens is 5. The zero-order chi connectivity index (χ0) is 45.4. The van der Waals surface area contributed by atoms with Gasteiger partial charge in [0.2, 0.25) is 5.91 Å². The van der Waals surface area contributed by atoms with E-state index in [1.54, 1.807) is 0 Å². The molecule has 3 heterocycles. The van der Waals surface area contributed by atoms with Gasteiger partial charge in [0.25, 0.3) is 27.9 Å². The van der Waals surface area contributed by atoms with Gasteiger partial charge in [0, 0.05) is 42.6 Å². The van der Waals surface area contributed by atoms with Gasteiger partial charge in [-0.15, -0.1) is 4.40 Å². The van der Waals surface area contributed by atoms with Crippen LogP contribution in [0.3, 0.4) is 0 Å². The average molecular weight is 920 g/mol. The molecule has 1 saturated carbocycles. The van der Waals surface area contributed by atoms with Crippen molar-refractivity contribution in [3.8, 4) is 16.9 Å². The van der Waals surface area contributed by atoms with Crippen LogP contribution >= 0.6 is 11.6 Å². The predicted molar refractivity (Wildman–Crippen MR) is 213 cm³/mol. The largest absolute Gasteiger partial charge is 0.386 e. The summed E-state index contributed by atoms with van der Waals surface area (Å²) in [6, 6.07) is 8.22. The highest BCUT2D eigenvalue weighted by Crippen LogP contribution is 2.68. The molecular formula is C40H30ClF8N9O4S. The molecule has 1 amide bonds. The molecule has 3 aromatic carbocycles. The zero-order valence-corrected chi connectivity index (χ0v) is 34.0. The lowest BCUT2D eigenvalue weighted by atomic mass is 10.0. The first-order valence-corrected chi connectivity index (χ1v) is 20.9. The lowest BCUT2D eigenvalue weighted by Crippen LogP contribution is -2.38. The smallest absolute Gasteiger partial charge is 0.293 e. The van der Waals surface area contributed by atoms with Gasteiger partial charge in [-0.05, 0) is 66.4 Å². The van der Waals surface area contributed by atoms with Gasteiger partial charge in [0.1, 0.15) is 52.9 Å². The summed E-state index contributed by atoms with van der Waals surface area (Å²) >= 11 is 6.50. The monoisotopic (exact) mass is 919 g/mol. The summed E-state index contributed by atoms with van der Waals surface area (Å²) in [5.41, 5.74) is 1.61. The van der Waals surface area contributed by atoms with Crippen LogP contribution in [0.5, 0.6) is 0 Å². The van der Waals surface area contributed by atoms with Gasteiger partial charge in [0.15, 0.2) is 5.65 Å². The maximum Gasteiger partial charge on any atom is 0.293 e. The molecule has 4 N–H and O–H groups in total. The van der Waals surface area contributed by atoms with Gasteiger partial charge in [-0.3, -0.25) is 18.8 Å². The van der Waals surface area contributed by atoms with E-state index in [1.807, 2.05) is 0 Å². The molecule has 23 heteroatoms. The number of halogens is 9. The lowest BCUT2D eigenvalue weighted by molar-refractivity contribution is -0.123. The summed E-state index contributed by atoms with van der Waals surface area (Å²) in [5.74, 6) is -12.1. The first-order chi connectivity index (χ1) is 29.7. The topological polar surface area (TPSA) is 179 Å². The number of nitrogens with two attached hydrogens (primary N) is 1. The molecule has 3 atom stereocenters. The average Bonchev–Trinajstić information content (AvgIpc) is 3.84. The van der Waals surface area contributed by atoms with Crippen molar-refractivity contribution in [3.05, 3.63) is 133 Å². The number of amides is 1. The van der Waals surface area contributed by atoms with E-state index in [0.29, 0.717) is 16.8 Å². The Labute approximate surface area is 355 Å². The van der Waals surface area contributed by atoms with Crippen molar-refractivity contribution in [2.45, 2.75) is 43.7 Å². The lowest BCUT2D eigenvalue weighted by Gasteiger charge is -2.25. The van der Waals surface area contributed by atoms with Crippen LogP contribution in [0.4, 0.5) is 40.8 Å². The molecule has 3 aromatic heterocycles. The van der Waals surface area contributed by atoms with Crippen LogP contribution in [0.25, 0.3) is 28.0 Å². The highest BCUT2D eigenvalue weighted by atomic mass is 35.5. The Hall–Kier alpha value is -6.42. The number of amidine groups is 1. The summed E-state index contributed by atoms with van der Waals surface area (Å²) in [6.45, 7) is -1.08. The summed E-state index contributed by atoms with van der Waals surface area (Å²) in [7, 11) is -2.79. The highest BCUT2D eigenvalue weighted by molar-refractivity contribution is 7.89. The number of benzene rings is 3. The van der Waals surface area contributed by atoms with E-state index in [-0.39, 0.29) is 56.2 Å². The van der Waals surface area contributed by atoms with E-state index < -0.39 is 117 Å². The molecule has 0 saturated heterocycles. The number of alkyl halides is 4. The van der Waals surface area contributed by atoms with Crippen molar-refractivity contribution in [1.29, 1.82) is 0 Å². The maximum absolute atomic E-state index is 15.5. The number of anilines is 1. The van der Waals surface area contributed by atoms with Gasteiger partial charge in [0.05, 0.1) is 45.3 Å². The van der Waals surface area contributed by atoms with E-state index in [9.17, 15) is 40.0 Å². The molecule has 6 aromatic rings. The van der Waals surface area contributed by atoms with E-state index >= 15 is 13.2 Å². The molecule has 0 unspecified atom stereocenters. The summed E-state index contributed by atoms with van der Waals surface area (Å²) < 4.78 is 147. The molecule has 2 aliphatic carbocycles. The molecule has 0 aliphatic heterocycles. The molecule has 63 heavy (non-hydrogen) atoms. The highest BCUT2D eigenvalue weighted by Gasteiger charge is 2.67. The molecule has 13 nitrogen and oxygen atoms in total. The number of fused-ring (bicyclic) bond motifs is 4. The van der Waals surface area contributed by atoms with E-state index in [0.717, 1.165) is 35.1 Å². The van der Waals surface area contributed by atoms with Gasteiger partial charge in [-0.2, -0.15) is 13.9 Å². The SMILES string of the molecule is CNc1c(-n2c([C@H](Cc3cc(F)cc(F)c3)NC(=O)Cn3nc(C(F)F)c4c3C(F)(F)[C@@H]3C[C@H]43)nc3nc(-c4ccc(F)cc4F)ccc3c2=O)ccc(Cl)c1C(N)=NS(C)(=O)=O. The third kappa shape index (κ3) is 7.96. The zero-order valence-electron chi connectivity index (χ0n) is 32.4. The van der Waals surface area contributed by atoms with Crippen molar-refractivity contribution in [2.24, 2.45) is 16.0 Å². The first kappa shape index (κ1) is 43.2. The second-order valence-corrected chi connectivity index (χ2v) is 16.9. The Balaban J connectivity index is 1.36. The number of nitrogens with zero attached hydrogens (tertiary/aromatic N) is 6. The fraction of sp³-hybridized carbons (Fsp3) is 0.250. The van der Waals surface area contributed by atoms with Crippen LogP contribution in [0.1, 0.15) is 58.7 Å². The van der Waals surface area contributed by atoms with Gasteiger partial charge in [-0.25, -0.2) is 44.7 Å². The molecule has 2 aliphatic rings. The quantitative estimate of drug-likeness (QED) is 0.0676. The fourth-order valence-electron chi connectivity index (χ4n) is 8.00. The predicted octanol–water partition coefficient (Wildman–Crippen LogP) is 6.81. The normalized spacial score (nSPS) is 17.2. The van der Waals surface area contributed by atoms with E-state index in [2.05, 4.69) is 30.1 Å². The molecule has 0 radical (unpaired) electrons. The molecule has 0 spiro atoms. The third-order valence-electron chi connectivity index (χ3n) is 10.6. The molecule has 8 rings (SSSR count). The van der Waals surface area contributed by atoms with E-state index in [4.69, 9.17) is 17.3 Å². The van der Waals surface area contributed by atoms with Crippen LogP contribution in [0.15, 0.2) is 69.9 Å². The van der Waals surface area contributed by atoms with Crippen molar-refractivity contribution in [3.63, 3.8) is 0 Å². The van der Waals surface area contributed by atoms with Crippen LogP contribution in [0.2, 0.25) is 5.02 Å². The summed E-state index contributed by atoms with van der Waals surface area (Å²) in [5, 5.41) is 8.60. The number of carbonyl (C=O) groups is 1.